The van der Waals surface area contributed by atoms with Gasteiger partial charge in [0, 0.05) is 39.3 Å². The minimum Gasteiger partial charge on any atom is -0.466 e. The van der Waals surface area contributed by atoms with Crippen LogP contribution in [0, 0.1) is 13.8 Å². The summed E-state index contributed by atoms with van der Waals surface area (Å²) in [5, 5.41) is 0. The highest BCUT2D eigenvalue weighted by Gasteiger charge is 2.29. The zero-order valence-corrected chi connectivity index (χ0v) is 14.0. The van der Waals surface area contributed by atoms with Crippen LogP contribution < -0.4 is 0 Å². The van der Waals surface area contributed by atoms with Crippen molar-refractivity contribution >= 4 is 11.9 Å². The van der Waals surface area contributed by atoms with Gasteiger partial charge in [0.2, 0.25) is 0 Å². The number of hydrogen-bond acceptors (Lipinski definition) is 3. The van der Waals surface area contributed by atoms with Crippen molar-refractivity contribution in [2.75, 3.05) is 39.3 Å². The second-order valence-corrected chi connectivity index (χ2v) is 6.44. The fraction of sp³-hybridized carbons (Fsp3) is 0.647. The summed E-state index contributed by atoms with van der Waals surface area (Å²) in [6.07, 6.45) is 3.42. The molecule has 3 rings (SSSR count). The maximum atomic E-state index is 12.6. The van der Waals surface area contributed by atoms with Crippen LogP contribution in [-0.2, 0) is 0 Å². The van der Waals surface area contributed by atoms with Gasteiger partial charge in [-0.1, -0.05) is 0 Å². The Balaban J connectivity index is 1.56. The smallest absolute Gasteiger partial charge is 0.320 e. The van der Waals surface area contributed by atoms with E-state index in [2.05, 4.69) is 0 Å². The average molecular weight is 319 g/mol. The number of carbonyl (C=O) groups is 2. The van der Waals surface area contributed by atoms with Gasteiger partial charge in [0.1, 0.15) is 11.5 Å². The van der Waals surface area contributed by atoms with E-state index < -0.39 is 0 Å². The molecule has 2 fully saturated rings. The highest BCUT2D eigenvalue weighted by atomic mass is 16.3. The van der Waals surface area contributed by atoms with Crippen molar-refractivity contribution in [1.82, 2.24) is 14.7 Å². The molecule has 2 aliphatic rings. The van der Waals surface area contributed by atoms with Crippen molar-refractivity contribution in [3.05, 3.63) is 23.2 Å². The molecule has 6 heteroatoms. The molecule has 3 amide bonds. The van der Waals surface area contributed by atoms with Crippen LogP contribution in [0.5, 0.6) is 0 Å². The lowest BCUT2D eigenvalue weighted by Crippen LogP contribution is -2.54. The largest absolute Gasteiger partial charge is 0.466 e. The fourth-order valence-corrected chi connectivity index (χ4v) is 3.40. The lowest BCUT2D eigenvalue weighted by Gasteiger charge is -2.38. The lowest BCUT2D eigenvalue weighted by molar-refractivity contribution is 0.0631. The third-order valence-corrected chi connectivity index (χ3v) is 4.74. The van der Waals surface area contributed by atoms with Crippen molar-refractivity contribution in [3.8, 4) is 0 Å². The van der Waals surface area contributed by atoms with Gasteiger partial charge in [-0.15, -0.1) is 0 Å². The predicted molar refractivity (Wildman–Crippen MR) is 86.5 cm³/mol. The Labute approximate surface area is 137 Å². The number of nitrogens with zero attached hydrogens (tertiary/aromatic N) is 3. The van der Waals surface area contributed by atoms with Crippen molar-refractivity contribution < 1.29 is 14.0 Å². The minimum atomic E-state index is 0.00409. The van der Waals surface area contributed by atoms with Gasteiger partial charge in [0.05, 0.1) is 5.56 Å². The standard InChI is InChI=1S/C17H25N3O3/c1-13-12-15(14(2)23-13)16(21)18-8-10-20(11-9-18)17(22)19-6-4-3-5-7-19/h12H,3-11H2,1-2H3. The number of furan rings is 1. The zero-order valence-electron chi connectivity index (χ0n) is 14.0. The molecule has 0 spiro atoms. The van der Waals surface area contributed by atoms with E-state index in [4.69, 9.17) is 4.42 Å². The van der Waals surface area contributed by atoms with Crippen molar-refractivity contribution in [1.29, 1.82) is 0 Å². The molecule has 0 unspecified atom stereocenters. The number of amides is 3. The summed E-state index contributed by atoms with van der Waals surface area (Å²) < 4.78 is 5.45. The third kappa shape index (κ3) is 3.35. The molecule has 6 nitrogen and oxygen atoms in total. The van der Waals surface area contributed by atoms with Gasteiger partial charge in [-0.25, -0.2) is 4.79 Å². The van der Waals surface area contributed by atoms with Crippen LogP contribution >= 0.6 is 0 Å². The van der Waals surface area contributed by atoms with Crippen molar-refractivity contribution in [2.24, 2.45) is 0 Å². The van der Waals surface area contributed by atoms with E-state index in [1.165, 1.54) is 6.42 Å². The molecule has 0 aliphatic carbocycles. The molecule has 1 aromatic heterocycles. The molecular formula is C17H25N3O3. The van der Waals surface area contributed by atoms with Gasteiger partial charge in [0.15, 0.2) is 0 Å². The Kier molecular flexibility index (Phi) is 4.59. The van der Waals surface area contributed by atoms with E-state index in [-0.39, 0.29) is 11.9 Å². The van der Waals surface area contributed by atoms with Crippen LogP contribution in [0.2, 0.25) is 0 Å². The Hall–Kier alpha value is -1.98. The molecule has 2 saturated heterocycles. The molecule has 1 aromatic rings. The van der Waals surface area contributed by atoms with E-state index in [0.29, 0.717) is 37.5 Å². The highest BCUT2D eigenvalue weighted by molar-refractivity contribution is 5.95. The van der Waals surface area contributed by atoms with Gasteiger partial charge in [-0.3, -0.25) is 4.79 Å². The Morgan fingerprint density at radius 2 is 1.43 bits per heavy atom. The first-order valence-electron chi connectivity index (χ1n) is 8.46. The van der Waals surface area contributed by atoms with E-state index >= 15 is 0 Å². The van der Waals surface area contributed by atoms with Gasteiger partial charge < -0.3 is 19.1 Å². The Morgan fingerprint density at radius 3 is 2.00 bits per heavy atom. The highest BCUT2D eigenvalue weighted by Crippen LogP contribution is 2.18. The summed E-state index contributed by atoms with van der Waals surface area (Å²) in [4.78, 5) is 30.7. The molecular weight excluding hydrogens is 294 g/mol. The SMILES string of the molecule is Cc1cc(C(=O)N2CCN(C(=O)N3CCCCC3)CC2)c(C)o1. The van der Waals surface area contributed by atoms with Gasteiger partial charge in [-0.2, -0.15) is 0 Å². The molecule has 0 N–H and O–H groups in total. The second-order valence-electron chi connectivity index (χ2n) is 6.44. The number of urea groups is 1. The minimum absolute atomic E-state index is 0.00409. The molecule has 3 heterocycles. The lowest BCUT2D eigenvalue weighted by atomic mass is 10.1. The number of piperazine rings is 1. The van der Waals surface area contributed by atoms with Crippen molar-refractivity contribution in [2.45, 2.75) is 33.1 Å². The number of carbonyl (C=O) groups excluding carboxylic acids is 2. The van der Waals surface area contributed by atoms with Crippen LogP contribution in [0.25, 0.3) is 0 Å². The first kappa shape index (κ1) is 15.9. The van der Waals surface area contributed by atoms with E-state index in [1.807, 2.05) is 28.5 Å². The van der Waals surface area contributed by atoms with E-state index in [0.717, 1.165) is 31.7 Å². The molecule has 23 heavy (non-hydrogen) atoms. The third-order valence-electron chi connectivity index (χ3n) is 4.74. The van der Waals surface area contributed by atoms with Crippen LogP contribution in [0.15, 0.2) is 10.5 Å². The quantitative estimate of drug-likeness (QED) is 0.798. The number of piperidine rings is 1. The van der Waals surface area contributed by atoms with Gasteiger partial charge in [-0.05, 0) is 39.2 Å². The average Bonchev–Trinajstić information content (AvgIpc) is 2.93. The fourth-order valence-electron chi connectivity index (χ4n) is 3.40. The summed E-state index contributed by atoms with van der Waals surface area (Å²) in [6.45, 7) is 7.78. The molecule has 0 radical (unpaired) electrons. The Morgan fingerprint density at radius 1 is 0.870 bits per heavy atom. The molecule has 0 aromatic carbocycles. The molecule has 0 saturated carbocycles. The van der Waals surface area contributed by atoms with Gasteiger partial charge in [0.25, 0.3) is 5.91 Å². The summed E-state index contributed by atoms with van der Waals surface area (Å²) in [5.74, 6) is 1.42. The molecule has 0 bridgehead atoms. The maximum Gasteiger partial charge on any atom is 0.320 e. The van der Waals surface area contributed by atoms with E-state index in [9.17, 15) is 9.59 Å². The van der Waals surface area contributed by atoms with Crippen LogP contribution in [0.3, 0.4) is 0 Å². The first-order chi connectivity index (χ1) is 11.1. The second kappa shape index (κ2) is 6.64. The number of rotatable bonds is 1. The number of aryl methyl sites for hydroxylation is 2. The zero-order chi connectivity index (χ0) is 16.4. The van der Waals surface area contributed by atoms with E-state index in [1.54, 1.807) is 6.07 Å². The van der Waals surface area contributed by atoms with Gasteiger partial charge >= 0.3 is 6.03 Å². The topological polar surface area (TPSA) is 57.0 Å². The number of likely N-dealkylation sites (tertiary alicyclic amines) is 1. The Bertz CT molecular complexity index is 582. The monoisotopic (exact) mass is 319 g/mol. The molecule has 126 valence electrons. The normalized spacial score (nSPS) is 19.1. The molecule has 0 atom stereocenters. The summed E-state index contributed by atoms with van der Waals surface area (Å²) in [6, 6.07) is 1.93. The summed E-state index contributed by atoms with van der Waals surface area (Å²) in [7, 11) is 0. The molecule has 2 aliphatic heterocycles. The van der Waals surface area contributed by atoms with Crippen molar-refractivity contribution in [3.63, 3.8) is 0 Å². The summed E-state index contributed by atoms with van der Waals surface area (Å²) in [5.41, 5.74) is 0.637. The van der Waals surface area contributed by atoms with Crippen LogP contribution in [0.1, 0.15) is 41.1 Å². The van der Waals surface area contributed by atoms with Crippen LogP contribution in [-0.4, -0.2) is 65.9 Å². The summed E-state index contributed by atoms with van der Waals surface area (Å²) >= 11 is 0. The maximum absolute atomic E-state index is 12.6. The van der Waals surface area contributed by atoms with Crippen LogP contribution in [0.4, 0.5) is 4.79 Å². The predicted octanol–water partition coefficient (Wildman–Crippen LogP) is 2.26. The first-order valence-corrected chi connectivity index (χ1v) is 8.46. The number of hydrogen-bond donors (Lipinski definition) is 0.